The van der Waals surface area contributed by atoms with E-state index >= 15 is 0 Å². The average Bonchev–Trinajstić information content (AvgIpc) is 3.51. The van der Waals surface area contributed by atoms with Gasteiger partial charge in [0.15, 0.2) is 0 Å². The van der Waals surface area contributed by atoms with E-state index in [1.54, 1.807) is 24.3 Å². The van der Waals surface area contributed by atoms with Gasteiger partial charge in [0.2, 0.25) is 11.8 Å². The van der Waals surface area contributed by atoms with Gasteiger partial charge in [0.05, 0.1) is 32.2 Å². The third-order valence-electron chi connectivity index (χ3n) is 7.44. The van der Waals surface area contributed by atoms with Crippen LogP contribution in [-0.2, 0) is 32.1 Å². The van der Waals surface area contributed by atoms with E-state index in [0.29, 0.717) is 31.6 Å². The normalized spacial score (nSPS) is 14.2. The zero-order valence-corrected chi connectivity index (χ0v) is 25.8. The van der Waals surface area contributed by atoms with Gasteiger partial charge >= 0.3 is 5.97 Å². The summed E-state index contributed by atoms with van der Waals surface area (Å²) in [7, 11) is 1.32. The van der Waals surface area contributed by atoms with Crippen LogP contribution in [-0.4, -0.2) is 76.6 Å². The number of hydrogen-bond donors (Lipinski definition) is 4. The zero-order chi connectivity index (χ0) is 30.5. The molecule has 10 nitrogen and oxygen atoms in total. The lowest BCUT2D eigenvalue weighted by Crippen LogP contribution is -2.56. The number of carbonyl (C=O) groups excluding carboxylic acids is 3. The van der Waals surface area contributed by atoms with Gasteiger partial charge in [-0.15, -0.1) is 0 Å². The minimum atomic E-state index is -0.798. The average molecular weight is 597 g/mol. The maximum absolute atomic E-state index is 13.5. The number of nitrogens with two attached hydrogens (primary N) is 1. The molecule has 1 heterocycles. The molecular formula is C31H44N6O4S. The van der Waals surface area contributed by atoms with Crippen LogP contribution >= 0.6 is 11.8 Å². The van der Waals surface area contributed by atoms with Crippen LogP contribution in [0.1, 0.15) is 44.4 Å². The maximum atomic E-state index is 13.5. The molecule has 0 radical (unpaired) electrons. The molecule has 0 aliphatic carbocycles. The Hall–Kier alpha value is -3.41. The van der Waals surface area contributed by atoms with Crippen LogP contribution in [0.4, 0.5) is 0 Å². The fraction of sp³-hybridized carbons (Fsp3) is 0.484. The number of benzene rings is 2. The molecule has 3 unspecified atom stereocenters. The minimum Gasteiger partial charge on any atom is -0.467 e. The molecule has 2 aromatic carbocycles. The van der Waals surface area contributed by atoms with Crippen molar-refractivity contribution in [3.8, 4) is 0 Å². The first-order chi connectivity index (χ1) is 20.2. The van der Waals surface area contributed by atoms with E-state index in [4.69, 9.17) is 10.5 Å². The first kappa shape index (κ1) is 33.1. The van der Waals surface area contributed by atoms with E-state index in [9.17, 15) is 14.4 Å². The Morgan fingerprint density at radius 2 is 1.90 bits per heavy atom. The van der Waals surface area contributed by atoms with Crippen LogP contribution < -0.4 is 16.4 Å². The van der Waals surface area contributed by atoms with Crippen LogP contribution in [0.2, 0.25) is 0 Å². The van der Waals surface area contributed by atoms with E-state index in [1.807, 2.05) is 35.4 Å². The number of imidazole rings is 1. The van der Waals surface area contributed by atoms with Crippen molar-refractivity contribution in [2.45, 2.75) is 64.3 Å². The van der Waals surface area contributed by atoms with Crippen LogP contribution in [0, 0.1) is 5.92 Å². The summed E-state index contributed by atoms with van der Waals surface area (Å²) < 4.78 is 4.94. The van der Waals surface area contributed by atoms with Crippen LogP contribution in [0.25, 0.3) is 10.8 Å². The van der Waals surface area contributed by atoms with Crippen LogP contribution in [0.5, 0.6) is 0 Å². The van der Waals surface area contributed by atoms with Gasteiger partial charge in [0.25, 0.3) is 0 Å². The number of aromatic nitrogens is 2. The highest BCUT2D eigenvalue weighted by Crippen LogP contribution is 2.22. The molecule has 0 bridgehead atoms. The quantitative estimate of drug-likeness (QED) is 0.137. The third-order valence-corrected chi connectivity index (χ3v) is 8.08. The number of aromatic amines is 1. The molecule has 3 aromatic rings. The number of ether oxygens (including phenoxy) is 1. The lowest BCUT2D eigenvalue weighted by Gasteiger charge is -2.34. The molecule has 0 spiro atoms. The predicted molar refractivity (Wildman–Crippen MR) is 168 cm³/mol. The van der Waals surface area contributed by atoms with Crippen molar-refractivity contribution in [1.82, 2.24) is 25.5 Å². The van der Waals surface area contributed by atoms with Gasteiger partial charge < -0.3 is 26.1 Å². The summed E-state index contributed by atoms with van der Waals surface area (Å²) in [5, 5.41) is 8.17. The molecule has 42 heavy (non-hydrogen) atoms. The molecule has 0 saturated carbocycles. The highest BCUT2D eigenvalue weighted by Gasteiger charge is 2.29. The number of carbonyl (C=O) groups is 3. The second-order valence-corrected chi connectivity index (χ2v) is 11.6. The molecular weight excluding hydrogens is 552 g/mol. The number of fused-ring (bicyclic) bond motifs is 1. The van der Waals surface area contributed by atoms with Crippen molar-refractivity contribution in [1.29, 1.82) is 0 Å². The summed E-state index contributed by atoms with van der Waals surface area (Å²) in [6, 6.07) is 12.6. The van der Waals surface area contributed by atoms with Gasteiger partial charge in [-0.25, -0.2) is 9.78 Å². The molecule has 228 valence electrons. The van der Waals surface area contributed by atoms with Crippen LogP contribution in [0.3, 0.4) is 0 Å². The summed E-state index contributed by atoms with van der Waals surface area (Å²) in [5.74, 6) is -0.153. The second kappa shape index (κ2) is 16.9. The number of hydrogen-bond acceptors (Lipinski definition) is 8. The fourth-order valence-electron chi connectivity index (χ4n) is 4.82. The van der Waals surface area contributed by atoms with Crippen molar-refractivity contribution in [3.63, 3.8) is 0 Å². The van der Waals surface area contributed by atoms with Crippen molar-refractivity contribution in [2.24, 2.45) is 11.7 Å². The van der Waals surface area contributed by atoms with Gasteiger partial charge in [-0.3, -0.25) is 14.5 Å². The van der Waals surface area contributed by atoms with E-state index in [2.05, 4.69) is 52.6 Å². The van der Waals surface area contributed by atoms with Gasteiger partial charge in [0, 0.05) is 24.9 Å². The molecule has 0 fully saturated rings. The number of amides is 2. The topological polar surface area (TPSA) is 142 Å². The fourth-order valence-corrected chi connectivity index (χ4v) is 5.29. The van der Waals surface area contributed by atoms with Gasteiger partial charge in [-0.1, -0.05) is 62.7 Å². The van der Waals surface area contributed by atoms with E-state index in [1.165, 1.54) is 7.11 Å². The van der Waals surface area contributed by atoms with E-state index in [-0.39, 0.29) is 24.3 Å². The number of methoxy groups -OCH3 is 1. The number of esters is 1. The molecule has 0 aliphatic heterocycles. The van der Waals surface area contributed by atoms with Gasteiger partial charge in [-0.2, -0.15) is 11.8 Å². The Morgan fingerprint density at radius 3 is 2.60 bits per heavy atom. The number of H-pyrrole nitrogens is 1. The molecule has 5 N–H and O–H groups in total. The second-order valence-electron chi connectivity index (χ2n) is 10.6. The van der Waals surface area contributed by atoms with Crippen molar-refractivity contribution in [3.05, 3.63) is 66.2 Å². The molecule has 2 amide bonds. The first-order valence-corrected chi connectivity index (χ1v) is 15.7. The minimum absolute atomic E-state index is 0.0346. The molecule has 4 atom stereocenters. The van der Waals surface area contributed by atoms with E-state index < -0.39 is 24.2 Å². The Kier molecular flexibility index (Phi) is 13.3. The summed E-state index contributed by atoms with van der Waals surface area (Å²) in [5.41, 5.74) is 8.09. The Morgan fingerprint density at radius 1 is 1.14 bits per heavy atom. The summed E-state index contributed by atoms with van der Waals surface area (Å²) >= 11 is 1.59. The first-order valence-electron chi connectivity index (χ1n) is 14.4. The van der Waals surface area contributed by atoms with Crippen molar-refractivity contribution in [2.75, 3.05) is 25.7 Å². The van der Waals surface area contributed by atoms with Crippen molar-refractivity contribution < 1.29 is 19.1 Å². The third kappa shape index (κ3) is 9.85. The van der Waals surface area contributed by atoms with Crippen molar-refractivity contribution >= 4 is 40.3 Å². The number of nitrogens with one attached hydrogen (secondary N) is 3. The molecule has 1 aromatic heterocycles. The lowest BCUT2D eigenvalue weighted by atomic mass is 10.00. The maximum Gasteiger partial charge on any atom is 0.328 e. The summed E-state index contributed by atoms with van der Waals surface area (Å²) in [4.78, 5) is 48.2. The Labute approximate surface area is 252 Å². The van der Waals surface area contributed by atoms with Gasteiger partial charge in [0.1, 0.15) is 6.04 Å². The summed E-state index contributed by atoms with van der Waals surface area (Å²) in [6.45, 7) is 4.59. The number of rotatable bonds is 17. The smallest absolute Gasteiger partial charge is 0.328 e. The molecule has 0 aliphatic rings. The lowest BCUT2D eigenvalue weighted by molar-refractivity contribution is -0.145. The summed E-state index contributed by atoms with van der Waals surface area (Å²) in [6.07, 6.45) is 6.95. The Balaban J connectivity index is 1.91. The Bertz CT molecular complexity index is 1280. The monoisotopic (exact) mass is 596 g/mol. The molecule has 11 heteroatoms. The number of nitrogens with zero attached hydrogens (tertiary/aromatic N) is 2. The number of thioether (sulfide) groups is 1. The highest BCUT2D eigenvalue weighted by atomic mass is 32.2. The SMILES string of the molecule is CC[C@H](C)CC(NC(=O)C(N)Cc1cnc[nH]1)N(CC(=O)NC(CCSC)C(=O)OC)Cc1cccc2ccccc12. The molecule has 3 rings (SSSR count). The zero-order valence-electron chi connectivity index (χ0n) is 25.0. The largest absolute Gasteiger partial charge is 0.467 e. The molecule has 0 saturated heterocycles. The predicted octanol–water partition coefficient (Wildman–Crippen LogP) is 3.22. The standard InChI is InChI=1S/C31H44N6O4S/c1-5-21(2)15-28(36-30(39)26(32)16-24-17-33-20-34-24)37(18-23-11-8-10-22-9-6-7-12-25(22)23)19-29(38)35-27(13-14-42-4)31(40)41-3/h6-12,17,20-21,26-28H,5,13-16,18-19,32H2,1-4H3,(H,33,34)(H,35,38)(H,36,39)/t21-,26?,27?,28?/m0/s1. The van der Waals surface area contributed by atoms with Gasteiger partial charge in [-0.05, 0) is 47.1 Å². The van der Waals surface area contributed by atoms with E-state index in [0.717, 1.165) is 28.5 Å². The highest BCUT2D eigenvalue weighted by molar-refractivity contribution is 7.98. The van der Waals surface area contributed by atoms with Crippen LogP contribution in [0.15, 0.2) is 55.0 Å².